The van der Waals surface area contributed by atoms with E-state index in [0.717, 1.165) is 0 Å². The zero-order chi connectivity index (χ0) is 15.2. The quantitative estimate of drug-likeness (QED) is 0.825. The van der Waals surface area contributed by atoms with Gasteiger partial charge in [0.05, 0.1) is 19.3 Å². The summed E-state index contributed by atoms with van der Waals surface area (Å²) in [6.07, 6.45) is 0.668. The Morgan fingerprint density at radius 3 is 2.71 bits per heavy atom. The summed E-state index contributed by atoms with van der Waals surface area (Å²) in [6, 6.07) is 8.55. The van der Waals surface area contributed by atoms with E-state index in [0.29, 0.717) is 31.7 Å². The molecule has 2 unspecified atom stereocenters. The molecule has 1 fully saturated rings. The molecule has 0 aromatic heterocycles. The van der Waals surface area contributed by atoms with E-state index in [2.05, 4.69) is 5.32 Å². The summed E-state index contributed by atoms with van der Waals surface area (Å²) in [5.74, 6) is -0.0390. The van der Waals surface area contributed by atoms with Gasteiger partial charge in [-0.05, 0) is 6.42 Å². The molecule has 1 N–H and O–H groups in total. The monoisotopic (exact) mass is 290 g/mol. The average Bonchev–Trinajstić information content (AvgIpc) is 2.56. The molecule has 0 saturated carbocycles. The Labute approximate surface area is 125 Å². The van der Waals surface area contributed by atoms with Crippen LogP contribution in [-0.4, -0.2) is 55.5 Å². The number of nitrogens with one attached hydrogen (secondary N) is 1. The molecule has 2 rings (SSSR count). The number of carbonyl (C=O) groups excluding carboxylic acids is 2. The lowest BCUT2D eigenvalue weighted by molar-refractivity contribution is -0.133. The first kappa shape index (κ1) is 15.7. The van der Waals surface area contributed by atoms with Crippen LogP contribution < -0.4 is 5.32 Å². The van der Waals surface area contributed by atoms with Gasteiger partial charge in [-0.15, -0.1) is 0 Å². The molecule has 1 saturated heterocycles. The van der Waals surface area contributed by atoms with E-state index in [1.165, 1.54) is 0 Å². The highest BCUT2D eigenvalue weighted by atomic mass is 16.5. The fourth-order valence-electron chi connectivity index (χ4n) is 2.75. The summed E-state index contributed by atoms with van der Waals surface area (Å²) in [6.45, 7) is 3.45. The van der Waals surface area contributed by atoms with Gasteiger partial charge < -0.3 is 10.1 Å². The molecule has 5 heteroatoms. The Balaban J connectivity index is 2.22. The van der Waals surface area contributed by atoms with Gasteiger partial charge in [-0.3, -0.25) is 14.5 Å². The van der Waals surface area contributed by atoms with Crippen molar-refractivity contribution in [3.05, 3.63) is 35.9 Å². The highest BCUT2D eigenvalue weighted by Gasteiger charge is 2.36. The molecule has 1 aromatic rings. The fourth-order valence-corrected chi connectivity index (χ4v) is 2.75. The maximum absolute atomic E-state index is 12.7. The Hall–Kier alpha value is -1.72. The normalized spacial score (nSPS) is 20.8. The minimum absolute atomic E-state index is 0.0638. The number of hydrogen-bond donors (Lipinski definition) is 1. The molecular weight excluding hydrogens is 268 g/mol. The molecule has 1 aliphatic heterocycles. The number of Topliss-reactive ketones (excluding diaryl/α,β-unsaturated/α-hetero) is 1. The first-order valence-electron chi connectivity index (χ1n) is 7.33. The van der Waals surface area contributed by atoms with Crippen molar-refractivity contribution in [1.29, 1.82) is 0 Å². The van der Waals surface area contributed by atoms with Crippen LogP contribution in [0.5, 0.6) is 0 Å². The number of amides is 1. The molecule has 1 amide bonds. The van der Waals surface area contributed by atoms with E-state index in [1.807, 2.05) is 42.2 Å². The Kier molecular flexibility index (Phi) is 5.47. The van der Waals surface area contributed by atoms with Gasteiger partial charge in [-0.1, -0.05) is 37.3 Å². The zero-order valence-corrected chi connectivity index (χ0v) is 12.5. The number of ether oxygens (including phenoxy) is 1. The fraction of sp³-hybridized carbons (Fsp3) is 0.500. The Morgan fingerprint density at radius 2 is 2.10 bits per heavy atom. The van der Waals surface area contributed by atoms with Gasteiger partial charge in [0.15, 0.2) is 5.78 Å². The summed E-state index contributed by atoms with van der Waals surface area (Å²) in [5.41, 5.74) is 0.687. The van der Waals surface area contributed by atoms with Crippen molar-refractivity contribution in [3.63, 3.8) is 0 Å². The number of carbonyl (C=O) groups is 2. The number of morpholine rings is 1. The number of likely N-dealkylation sites (N-methyl/N-ethyl adjacent to an activating group) is 1. The van der Waals surface area contributed by atoms with Gasteiger partial charge in [0.1, 0.15) is 6.04 Å². The highest BCUT2D eigenvalue weighted by molar-refractivity contribution is 6.00. The topological polar surface area (TPSA) is 58.6 Å². The smallest absolute Gasteiger partial charge is 0.239 e. The van der Waals surface area contributed by atoms with Gasteiger partial charge >= 0.3 is 0 Å². The largest absolute Gasteiger partial charge is 0.378 e. The highest BCUT2D eigenvalue weighted by Crippen LogP contribution is 2.18. The molecule has 1 aromatic carbocycles. The first-order chi connectivity index (χ1) is 10.2. The van der Waals surface area contributed by atoms with Crippen LogP contribution in [-0.2, 0) is 9.53 Å². The molecule has 1 heterocycles. The third kappa shape index (κ3) is 3.49. The number of hydrogen-bond acceptors (Lipinski definition) is 4. The molecule has 114 valence electrons. The summed E-state index contributed by atoms with van der Waals surface area (Å²) in [5, 5.41) is 2.65. The molecule has 0 radical (unpaired) electrons. The van der Waals surface area contributed by atoms with E-state index >= 15 is 0 Å². The molecular formula is C16H22N2O3. The number of benzene rings is 1. The van der Waals surface area contributed by atoms with Crippen molar-refractivity contribution in [2.24, 2.45) is 0 Å². The van der Waals surface area contributed by atoms with E-state index in [4.69, 9.17) is 4.74 Å². The van der Waals surface area contributed by atoms with Crippen molar-refractivity contribution >= 4 is 11.7 Å². The second-order valence-electron chi connectivity index (χ2n) is 5.10. The Bertz CT molecular complexity index is 490. The van der Waals surface area contributed by atoms with Crippen molar-refractivity contribution in [2.75, 3.05) is 26.8 Å². The first-order valence-corrected chi connectivity index (χ1v) is 7.33. The molecule has 0 bridgehead atoms. The molecule has 5 nitrogen and oxygen atoms in total. The van der Waals surface area contributed by atoms with Crippen molar-refractivity contribution in [3.8, 4) is 0 Å². The zero-order valence-electron chi connectivity index (χ0n) is 12.5. The second kappa shape index (κ2) is 7.33. The minimum Gasteiger partial charge on any atom is -0.378 e. The molecule has 2 atom stereocenters. The lowest BCUT2D eigenvalue weighted by Crippen LogP contribution is -2.58. The second-order valence-corrected chi connectivity index (χ2v) is 5.10. The SMILES string of the molecule is CCC(C(=O)c1ccccc1)N1CCOCC1C(=O)NC. The van der Waals surface area contributed by atoms with Crippen LogP contribution in [0.2, 0.25) is 0 Å². The van der Waals surface area contributed by atoms with Gasteiger partial charge in [-0.25, -0.2) is 0 Å². The summed E-state index contributed by atoms with van der Waals surface area (Å²) in [4.78, 5) is 26.7. The summed E-state index contributed by atoms with van der Waals surface area (Å²) in [7, 11) is 1.61. The van der Waals surface area contributed by atoms with Crippen LogP contribution in [0.15, 0.2) is 30.3 Å². The molecule has 0 aliphatic carbocycles. The third-order valence-corrected chi connectivity index (χ3v) is 3.87. The number of rotatable bonds is 5. The Morgan fingerprint density at radius 1 is 1.38 bits per heavy atom. The average molecular weight is 290 g/mol. The van der Waals surface area contributed by atoms with Crippen LogP contribution in [0.3, 0.4) is 0 Å². The number of ketones is 1. The van der Waals surface area contributed by atoms with Crippen molar-refractivity contribution in [1.82, 2.24) is 10.2 Å². The third-order valence-electron chi connectivity index (χ3n) is 3.87. The van der Waals surface area contributed by atoms with E-state index in [1.54, 1.807) is 7.05 Å². The van der Waals surface area contributed by atoms with E-state index in [9.17, 15) is 9.59 Å². The van der Waals surface area contributed by atoms with Crippen LogP contribution in [0.4, 0.5) is 0 Å². The van der Waals surface area contributed by atoms with Crippen LogP contribution in [0.25, 0.3) is 0 Å². The lowest BCUT2D eigenvalue weighted by atomic mass is 9.98. The predicted molar refractivity (Wildman–Crippen MR) is 80.2 cm³/mol. The maximum atomic E-state index is 12.7. The van der Waals surface area contributed by atoms with Gasteiger partial charge in [0.25, 0.3) is 0 Å². The minimum atomic E-state index is -0.402. The van der Waals surface area contributed by atoms with Crippen LogP contribution in [0.1, 0.15) is 23.7 Å². The standard InChI is InChI=1S/C16H22N2O3/c1-3-13(15(19)12-7-5-4-6-8-12)18-9-10-21-11-14(18)16(20)17-2/h4-8,13-14H,3,9-11H2,1-2H3,(H,17,20). The molecule has 0 spiro atoms. The van der Waals surface area contributed by atoms with Gasteiger partial charge in [0, 0.05) is 19.2 Å². The molecule has 21 heavy (non-hydrogen) atoms. The van der Waals surface area contributed by atoms with Crippen molar-refractivity contribution in [2.45, 2.75) is 25.4 Å². The van der Waals surface area contributed by atoms with Crippen LogP contribution >= 0.6 is 0 Å². The molecule has 1 aliphatic rings. The summed E-state index contributed by atoms with van der Waals surface area (Å²) < 4.78 is 5.40. The maximum Gasteiger partial charge on any atom is 0.239 e. The van der Waals surface area contributed by atoms with Crippen molar-refractivity contribution < 1.29 is 14.3 Å². The predicted octanol–water partition coefficient (Wildman–Crippen LogP) is 1.09. The lowest BCUT2D eigenvalue weighted by Gasteiger charge is -2.38. The number of nitrogens with zero attached hydrogens (tertiary/aromatic N) is 1. The van der Waals surface area contributed by atoms with Gasteiger partial charge in [0.2, 0.25) is 5.91 Å². The van der Waals surface area contributed by atoms with Gasteiger partial charge in [-0.2, -0.15) is 0 Å². The summed E-state index contributed by atoms with van der Waals surface area (Å²) >= 11 is 0. The van der Waals surface area contributed by atoms with E-state index < -0.39 is 6.04 Å². The van der Waals surface area contributed by atoms with E-state index in [-0.39, 0.29) is 17.7 Å². The van der Waals surface area contributed by atoms with Crippen LogP contribution in [0, 0.1) is 0 Å².